The molecular weight excluding hydrogens is 456 g/mol. The van der Waals surface area contributed by atoms with Crippen molar-refractivity contribution in [2.75, 3.05) is 13.2 Å². The van der Waals surface area contributed by atoms with Crippen LogP contribution in [-0.4, -0.2) is 36.3 Å². The fourth-order valence-corrected chi connectivity index (χ4v) is 4.57. The molecule has 0 N–H and O–H groups in total. The zero-order chi connectivity index (χ0) is 26.0. The van der Waals surface area contributed by atoms with E-state index in [4.69, 9.17) is 9.47 Å². The molecule has 0 amide bonds. The molecule has 2 aromatic rings. The Balaban J connectivity index is 1.89. The van der Waals surface area contributed by atoms with Crippen LogP contribution in [0.5, 0.6) is 11.5 Å². The number of carbonyl (C=O) groups excluding carboxylic acids is 4. The quantitative estimate of drug-likeness (QED) is 0.401. The Bertz CT molecular complexity index is 1340. The lowest BCUT2D eigenvalue weighted by atomic mass is 9.80. The number of hydrogen-bond donors (Lipinski definition) is 0. The van der Waals surface area contributed by atoms with Crippen LogP contribution >= 0.6 is 0 Å². The highest BCUT2D eigenvalue weighted by molar-refractivity contribution is 6.40. The zero-order valence-corrected chi connectivity index (χ0v) is 21.2. The summed E-state index contributed by atoms with van der Waals surface area (Å²) in [5, 5.41) is 0. The number of rotatable bonds is 9. The van der Waals surface area contributed by atoms with E-state index in [-0.39, 0.29) is 56.7 Å². The van der Waals surface area contributed by atoms with E-state index in [1.807, 2.05) is 20.8 Å². The van der Waals surface area contributed by atoms with E-state index in [0.717, 1.165) is 31.2 Å². The van der Waals surface area contributed by atoms with Gasteiger partial charge < -0.3 is 9.47 Å². The van der Waals surface area contributed by atoms with Crippen molar-refractivity contribution in [2.24, 2.45) is 0 Å². The fourth-order valence-electron chi connectivity index (χ4n) is 4.57. The van der Waals surface area contributed by atoms with Crippen LogP contribution in [0.15, 0.2) is 36.4 Å². The van der Waals surface area contributed by atoms with E-state index in [1.54, 1.807) is 25.1 Å². The van der Waals surface area contributed by atoms with Crippen molar-refractivity contribution < 1.29 is 28.7 Å². The first-order valence-electron chi connectivity index (χ1n) is 12.4. The van der Waals surface area contributed by atoms with Crippen molar-refractivity contribution in [3.05, 3.63) is 75.4 Å². The van der Waals surface area contributed by atoms with Crippen LogP contribution in [0.25, 0.3) is 5.57 Å². The summed E-state index contributed by atoms with van der Waals surface area (Å²) in [7, 11) is 0. The Kier molecular flexibility index (Phi) is 7.34. The predicted octanol–water partition coefficient (Wildman–Crippen LogP) is 6.06. The molecule has 0 saturated carbocycles. The van der Waals surface area contributed by atoms with Crippen LogP contribution in [0.4, 0.5) is 0 Å². The van der Waals surface area contributed by atoms with Crippen LogP contribution in [-0.2, 0) is 0 Å². The van der Waals surface area contributed by atoms with Crippen molar-refractivity contribution in [3.63, 3.8) is 0 Å². The second-order valence-corrected chi connectivity index (χ2v) is 9.22. The second kappa shape index (κ2) is 10.4. The summed E-state index contributed by atoms with van der Waals surface area (Å²) in [5.41, 5.74) is 2.81. The van der Waals surface area contributed by atoms with Gasteiger partial charge in [0.1, 0.15) is 11.5 Å². The Morgan fingerprint density at radius 3 is 2.06 bits per heavy atom. The summed E-state index contributed by atoms with van der Waals surface area (Å²) in [5.74, 6) is -0.763. The predicted molar refractivity (Wildman–Crippen MR) is 138 cm³/mol. The van der Waals surface area contributed by atoms with Gasteiger partial charge in [0.05, 0.1) is 24.3 Å². The number of fused-ring (bicyclic) bond motifs is 2. The minimum atomic E-state index is -0.365. The molecule has 6 heteroatoms. The average molecular weight is 487 g/mol. The highest BCUT2D eigenvalue weighted by Gasteiger charge is 2.35. The van der Waals surface area contributed by atoms with Crippen molar-refractivity contribution in [2.45, 2.75) is 53.4 Å². The summed E-state index contributed by atoms with van der Waals surface area (Å²) in [4.78, 5) is 52.7. The van der Waals surface area contributed by atoms with Gasteiger partial charge in [0.2, 0.25) is 0 Å². The van der Waals surface area contributed by atoms with Gasteiger partial charge in [-0.05, 0) is 74.2 Å². The first-order valence-corrected chi connectivity index (χ1v) is 12.4. The molecule has 2 aliphatic rings. The van der Waals surface area contributed by atoms with Gasteiger partial charge in [-0.2, -0.15) is 0 Å². The summed E-state index contributed by atoms with van der Waals surface area (Å²) >= 11 is 0. The minimum Gasteiger partial charge on any atom is -0.493 e. The van der Waals surface area contributed by atoms with Crippen LogP contribution in [0.1, 0.15) is 97.7 Å². The van der Waals surface area contributed by atoms with Gasteiger partial charge in [0, 0.05) is 22.3 Å². The molecule has 0 bridgehead atoms. The topological polar surface area (TPSA) is 86.7 Å². The molecule has 0 heterocycles. The van der Waals surface area contributed by atoms with Crippen molar-refractivity contribution >= 4 is 28.7 Å². The van der Waals surface area contributed by atoms with Crippen LogP contribution in [0.3, 0.4) is 0 Å². The highest BCUT2D eigenvalue weighted by atomic mass is 16.5. The SMILES string of the molecule is CCCCOc1cc(C)cc2c1C(=O)C=C(c1c(C)cc3c(c1OCCCC)C(=O)C=CC3=O)C2=O. The van der Waals surface area contributed by atoms with Crippen molar-refractivity contribution in [3.8, 4) is 11.5 Å². The second-order valence-electron chi connectivity index (χ2n) is 9.22. The summed E-state index contributed by atoms with van der Waals surface area (Å²) in [6.45, 7) is 8.43. The van der Waals surface area contributed by atoms with E-state index in [9.17, 15) is 19.2 Å². The smallest absolute Gasteiger partial charge is 0.194 e. The largest absolute Gasteiger partial charge is 0.493 e. The number of ketones is 4. The van der Waals surface area contributed by atoms with Crippen molar-refractivity contribution in [1.29, 1.82) is 0 Å². The molecule has 0 fully saturated rings. The van der Waals surface area contributed by atoms with E-state index < -0.39 is 0 Å². The maximum atomic E-state index is 13.8. The standard InChI is InChI=1S/C30H30O6/c1-5-7-11-35-25-14-17(3)13-20-27(25)24(33)16-21(29(20)34)26-18(4)15-19-22(31)9-10-23(32)28(19)30(26)36-12-8-6-2/h9-10,13-16H,5-8,11-12H2,1-4H3. The lowest BCUT2D eigenvalue weighted by molar-refractivity contribution is 0.0989. The molecule has 0 atom stereocenters. The minimum absolute atomic E-state index is 0.138. The van der Waals surface area contributed by atoms with Gasteiger partial charge in [0.25, 0.3) is 0 Å². The number of hydrogen-bond acceptors (Lipinski definition) is 6. The Morgan fingerprint density at radius 1 is 0.694 bits per heavy atom. The number of aryl methyl sites for hydroxylation is 2. The first-order chi connectivity index (χ1) is 17.3. The third-order valence-corrected chi connectivity index (χ3v) is 6.40. The molecule has 0 aromatic heterocycles. The number of Topliss-reactive ketones (excluding diaryl/α,β-unsaturated/α-hetero) is 1. The number of unbranched alkanes of at least 4 members (excludes halogenated alkanes) is 2. The first kappa shape index (κ1) is 25.3. The van der Waals surface area contributed by atoms with Gasteiger partial charge >= 0.3 is 0 Å². The number of benzene rings is 2. The van der Waals surface area contributed by atoms with Gasteiger partial charge in [-0.15, -0.1) is 0 Å². The van der Waals surface area contributed by atoms with Crippen LogP contribution < -0.4 is 9.47 Å². The summed E-state index contributed by atoms with van der Waals surface area (Å²) in [6.07, 6.45) is 7.14. The molecule has 0 spiro atoms. The molecule has 6 nitrogen and oxygen atoms in total. The number of allylic oxidation sites excluding steroid dienone is 4. The van der Waals surface area contributed by atoms with E-state index in [1.165, 1.54) is 18.2 Å². The molecule has 2 aromatic carbocycles. The molecule has 2 aliphatic carbocycles. The lowest BCUT2D eigenvalue weighted by Crippen LogP contribution is -2.21. The Morgan fingerprint density at radius 2 is 1.36 bits per heavy atom. The normalized spacial score (nSPS) is 14.5. The number of carbonyl (C=O) groups is 4. The molecule has 4 rings (SSSR count). The highest BCUT2D eigenvalue weighted by Crippen LogP contribution is 2.42. The summed E-state index contributed by atoms with van der Waals surface area (Å²) in [6, 6.07) is 5.07. The molecule has 0 saturated heterocycles. The lowest BCUT2D eigenvalue weighted by Gasteiger charge is -2.24. The van der Waals surface area contributed by atoms with E-state index in [2.05, 4.69) is 0 Å². The zero-order valence-electron chi connectivity index (χ0n) is 21.2. The van der Waals surface area contributed by atoms with Gasteiger partial charge in [-0.25, -0.2) is 0 Å². The molecule has 0 radical (unpaired) electrons. The average Bonchev–Trinajstić information content (AvgIpc) is 2.84. The van der Waals surface area contributed by atoms with Crippen LogP contribution in [0.2, 0.25) is 0 Å². The van der Waals surface area contributed by atoms with E-state index in [0.29, 0.717) is 30.1 Å². The van der Waals surface area contributed by atoms with E-state index >= 15 is 0 Å². The fraction of sp³-hybridized carbons (Fsp3) is 0.333. The van der Waals surface area contributed by atoms with Gasteiger partial charge in [-0.1, -0.05) is 26.7 Å². The van der Waals surface area contributed by atoms with Crippen molar-refractivity contribution in [1.82, 2.24) is 0 Å². The molecule has 186 valence electrons. The van der Waals surface area contributed by atoms with Gasteiger partial charge in [0.15, 0.2) is 23.1 Å². The third-order valence-electron chi connectivity index (χ3n) is 6.40. The summed E-state index contributed by atoms with van der Waals surface area (Å²) < 4.78 is 12.0. The molecule has 0 aliphatic heterocycles. The number of ether oxygens (including phenoxy) is 2. The Hall–Kier alpha value is -3.80. The maximum absolute atomic E-state index is 13.8. The Labute approximate surface area is 211 Å². The van der Waals surface area contributed by atoms with Crippen LogP contribution in [0, 0.1) is 13.8 Å². The monoisotopic (exact) mass is 486 g/mol. The maximum Gasteiger partial charge on any atom is 0.194 e. The third kappa shape index (κ3) is 4.55. The molecule has 0 unspecified atom stereocenters. The molecular formula is C30H30O6. The van der Waals surface area contributed by atoms with Gasteiger partial charge in [-0.3, -0.25) is 19.2 Å². The molecule has 36 heavy (non-hydrogen) atoms.